The van der Waals surface area contributed by atoms with Crippen molar-refractivity contribution in [3.8, 4) is 45.8 Å². The van der Waals surface area contributed by atoms with Crippen molar-refractivity contribution in [1.82, 2.24) is 48.2 Å². The third-order valence-corrected chi connectivity index (χ3v) is 13.8. The van der Waals surface area contributed by atoms with Crippen LogP contribution in [0.2, 0.25) is 0 Å². The normalized spacial score (nSPS) is 12.0. The minimum absolute atomic E-state index is 0.468. The molecule has 0 radical (unpaired) electrons. The van der Waals surface area contributed by atoms with Gasteiger partial charge >= 0.3 is 0 Å². The summed E-state index contributed by atoms with van der Waals surface area (Å²) in [6.07, 6.45) is 5.61. The number of fused-ring (bicyclic) bond motifs is 12. The molecule has 0 saturated carbocycles. The highest BCUT2D eigenvalue weighted by Crippen LogP contribution is 2.45. The highest BCUT2D eigenvalue weighted by molar-refractivity contribution is 6.13. The summed E-state index contributed by atoms with van der Waals surface area (Å²) in [6, 6.07) is 69.6. The zero-order chi connectivity index (χ0) is 45.9. The van der Waals surface area contributed by atoms with Gasteiger partial charge in [-0.25, -0.2) is 19.9 Å². The number of para-hydroxylation sites is 5. The Morgan fingerprint density at radius 2 is 0.643 bits per heavy atom. The molecule has 0 fully saturated rings. The molecule has 0 aliphatic heterocycles. The molecule has 0 amide bonds. The third kappa shape index (κ3) is 5.43. The molecular formula is C60H36N10. The highest BCUT2D eigenvalue weighted by Gasteiger charge is 2.30. The van der Waals surface area contributed by atoms with Crippen molar-refractivity contribution in [3.63, 3.8) is 0 Å². The Morgan fingerprint density at radius 3 is 1.16 bits per heavy atom. The molecule has 0 aliphatic carbocycles. The monoisotopic (exact) mass is 896 g/mol. The largest absolute Gasteiger partial charge is 0.293 e. The summed E-state index contributed by atoms with van der Waals surface area (Å²) >= 11 is 0. The average Bonchev–Trinajstić information content (AvgIpc) is 4.16. The first-order chi connectivity index (χ1) is 34.8. The SMILES string of the molecule is c1ccc(-c2nc(-c3c(-n4c5ccccc5c5cccnc54)ccc(-n4c5ccccc5c5cccnc54)c3-n3c4ccccc4c4cccnc43)nc(-n3c4ccccc4c4ccccc43)n2)cc1. The molecule has 0 saturated heterocycles. The second-order valence-corrected chi connectivity index (χ2v) is 17.5. The fraction of sp³-hybridized carbons (Fsp3) is 0. The van der Waals surface area contributed by atoms with E-state index in [2.05, 4.69) is 182 Å². The lowest BCUT2D eigenvalue weighted by Crippen LogP contribution is -2.13. The Hall–Kier alpha value is -9.80. The number of rotatable bonds is 6. The topological polar surface area (TPSA) is 97.1 Å². The lowest BCUT2D eigenvalue weighted by atomic mass is 10.0. The maximum Gasteiger partial charge on any atom is 0.238 e. The molecule has 70 heavy (non-hydrogen) atoms. The summed E-state index contributed by atoms with van der Waals surface area (Å²) in [5, 5.41) is 8.55. The number of pyridine rings is 3. The number of hydrogen-bond acceptors (Lipinski definition) is 6. The van der Waals surface area contributed by atoms with E-state index < -0.39 is 0 Å². The molecule has 7 aromatic carbocycles. The van der Waals surface area contributed by atoms with Gasteiger partial charge in [0.1, 0.15) is 16.9 Å². The molecule has 326 valence electrons. The van der Waals surface area contributed by atoms with Crippen LogP contribution in [0.5, 0.6) is 0 Å². The van der Waals surface area contributed by atoms with Crippen LogP contribution in [-0.4, -0.2) is 48.2 Å². The molecule has 0 spiro atoms. The number of aromatic nitrogens is 10. The molecule has 15 aromatic rings. The highest BCUT2D eigenvalue weighted by atomic mass is 15.2. The van der Waals surface area contributed by atoms with Crippen molar-refractivity contribution in [2.45, 2.75) is 0 Å². The van der Waals surface area contributed by atoms with Crippen molar-refractivity contribution in [1.29, 1.82) is 0 Å². The van der Waals surface area contributed by atoms with Crippen molar-refractivity contribution in [2.24, 2.45) is 0 Å². The van der Waals surface area contributed by atoms with Crippen molar-refractivity contribution < 1.29 is 0 Å². The van der Waals surface area contributed by atoms with E-state index in [4.69, 9.17) is 29.9 Å². The van der Waals surface area contributed by atoms with Crippen LogP contribution in [0.3, 0.4) is 0 Å². The van der Waals surface area contributed by atoms with Gasteiger partial charge in [-0.05, 0) is 78.9 Å². The van der Waals surface area contributed by atoms with Crippen LogP contribution in [0.4, 0.5) is 0 Å². The van der Waals surface area contributed by atoms with Crippen molar-refractivity contribution >= 4 is 87.6 Å². The Morgan fingerprint density at radius 1 is 0.271 bits per heavy atom. The van der Waals surface area contributed by atoms with Crippen LogP contribution in [0.25, 0.3) is 133 Å². The van der Waals surface area contributed by atoms with Gasteiger partial charge in [-0.1, -0.05) is 121 Å². The first-order valence-electron chi connectivity index (χ1n) is 23.3. The van der Waals surface area contributed by atoms with Gasteiger partial charge in [0.15, 0.2) is 11.6 Å². The zero-order valence-electron chi connectivity index (χ0n) is 37.3. The van der Waals surface area contributed by atoms with E-state index >= 15 is 0 Å². The van der Waals surface area contributed by atoms with Crippen LogP contribution in [-0.2, 0) is 0 Å². The molecule has 0 bridgehead atoms. The van der Waals surface area contributed by atoms with E-state index in [0.717, 1.165) is 116 Å². The fourth-order valence-electron chi connectivity index (χ4n) is 10.9. The van der Waals surface area contributed by atoms with E-state index in [1.165, 1.54) is 0 Å². The van der Waals surface area contributed by atoms with Gasteiger partial charge in [0.25, 0.3) is 0 Å². The van der Waals surface area contributed by atoms with Crippen LogP contribution < -0.4 is 0 Å². The molecule has 10 nitrogen and oxygen atoms in total. The first kappa shape index (κ1) is 38.3. The van der Waals surface area contributed by atoms with Crippen LogP contribution in [0.15, 0.2) is 219 Å². The van der Waals surface area contributed by atoms with Gasteiger partial charge in [-0.15, -0.1) is 0 Å². The third-order valence-electron chi connectivity index (χ3n) is 13.8. The summed E-state index contributed by atoms with van der Waals surface area (Å²) in [4.78, 5) is 32.2. The number of benzene rings is 7. The lowest BCUT2D eigenvalue weighted by molar-refractivity contribution is 0.947. The minimum atomic E-state index is 0.468. The summed E-state index contributed by atoms with van der Waals surface area (Å²) in [5.74, 6) is 1.49. The first-order valence-corrected chi connectivity index (χ1v) is 23.3. The molecule has 0 atom stereocenters. The van der Waals surface area contributed by atoms with E-state index in [9.17, 15) is 0 Å². The molecule has 0 unspecified atom stereocenters. The molecule has 8 heterocycles. The standard InChI is InChI=1S/C60H36N10/c1-2-17-37(18-3-1)55-64-56(66-60(65-55)69-48-29-11-4-19-38(48)39-20-5-12-30-49(39)69)53-51(67-46-27-9-6-21-40(46)43-24-14-34-61-57(43)67)32-33-52(68-47-28-10-7-22-41(47)44-25-15-35-62-58(44)68)54(53)70-50-31-13-8-23-42(50)45-26-16-36-63-59(45)70/h1-36H. The van der Waals surface area contributed by atoms with E-state index in [-0.39, 0.29) is 0 Å². The minimum Gasteiger partial charge on any atom is -0.293 e. The Labute approximate surface area is 398 Å². The Balaban J connectivity index is 1.20. The number of hydrogen-bond donors (Lipinski definition) is 0. The summed E-state index contributed by atoms with van der Waals surface area (Å²) in [7, 11) is 0. The molecular weight excluding hydrogens is 861 g/mol. The maximum absolute atomic E-state index is 5.73. The molecule has 0 N–H and O–H groups in total. The summed E-state index contributed by atoms with van der Waals surface area (Å²) in [6.45, 7) is 0. The molecule has 0 aliphatic rings. The summed E-state index contributed by atoms with van der Waals surface area (Å²) in [5.41, 5.74) is 11.5. The van der Waals surface area contributed by atoms with E-state index in [1.807, 2.05) is 55.0 Å². The molecule has 8 aromatic heterocycles. The van der Waals surface area contributed by atoms with Gasteiger partial charge in [0.05, 0.1) is 50.2 Å². The van der Waals surface area contributed by atoms with Crippen LogP contribution in [0.1, 0.15) is 0 Å². The Kier molecular flexibility index (Phi) is 8.13. The number of nitrogens with zero attached hydrogens (tertiary/aromatic N) is 10. The Bertz CT molecular complexity index is 4400. The van der Waals surface area contributed by atoms with Crippen molar-refractivity contribution in [3.05, 3.63) is 219 Å². The van der Waals surface area contributed by atoms with Gasteiger partial charge in [0, 0.05) is 67.2 Å². The quantitative estimate of drug-likeness (QED) is 0.165. The van der Waals surface area contributed by atoms with Crippen LogP contribution >= 0.6 is 0 Å². The van der Waals surface area contributed by atoms with Gasteiger partial charge < -0.3 is 0 Å². The second kappa shape index (κ2) is 14.9. The van der Waals surface area contributed by atoms with Crippen LogP contribution in [0, 0.1) is 0 Å². The molecule has 15 rings (SSSR count). The molecule has 10 heteroatoms. The van der Waals surface area contributed by atoms with Gasteiger partial charge in [-0.2, -0.15) is 9.97 Å². The van der Waals surface area contributed by atoms with Gasteiger partial charge in [0.2, 0.25) is 5.95 Å². The fourth-order valence-corrected chi connectivity index (χ4v) is 10.9. The van der Waals surface area contributed by atoms with E-state index in [1.54, 1.807) is 0 Å². The zero-order valence-corrected chi connectivity index (χ0v) is 37.3. The average molecular weight is 897 g/mol. The smallest absolute Gasteiger partial charge is 0.238 e. The van der Waals surface area contributed by atoms with Crippen molar-refractivity contribution in [2.75, 3.05) is 0 Å². The summed E-state index contributed by atoms with van der Waals surface area (Å²) < 4.78 is 9.03. The lowest BCUT2D eigenvalue weighted by Gasteiger charge is -2.23. The second-order valence-electron chi connectivity index (χ2n) is 17.5. The van der Waals surface area contributed by atoms with E-state index in [0.29, 0.717) is 17.6 Å². The predicted octanol–water partition coefficient (Wildman–Crippen LogP) is 13.8. The maximum atomic E-state index is 5.73. The predicted molar refractivity (Wildman–Crippen MR) is 281 cm³/mol. The van der Waals surface area contributed by atoms with Gasteiger partial charge in [-0.3, -0.25) is 18.3 Å².